The normalized spacial score (nSPS) is 10.3. The molecule has 2 amide bonds. The molecule has 0 radical (unpaired) electrons. The largest absolute Gasteiger partial charge is 0.497 e. The summed E-state index contributed by atoms with van der Waals surface area (Å²) in [7, 11) is 3.08. The van der Waals surface area contributed by atoms with Gasteiger partial charge in [0.05, 0.1) is 31.9 Å². The molecule has 27 heavy (non-hydrogen) atoms. The lowest BCUT2D eigenvalue weighted by atomic mass is 10.2. The van der Waals surface area contributed by atoms with Gasteiger partial charge in [-0.2, -0.15) is 0 Å². The molecule has 0 aliphatic heterocycles. The van der Waals surface area contributed by atoms with E-state index in [1.54, 1.807) is 42.5 Å². The summed E-state index contributed by atoms with van der Waals surface area (Å²) >= 11 is 1.31. The molecule has 2 aromatic heterocycles. The topological polar surface area (TPSA) is 89.8 Å². The number of nitrogens with one attached hydrogen (secondary N) is 2. The second kappa shape index (κ2) is 8.41. The molecule has 3 rings (SSSR count). The summed E-state index contributed by atoms with van der Waals surface area (Å²) in [6.45, 7) is 0.295. The highest BCUT2D eigenvalue weighted by atomic mass is 32.1. The number of amides is 2. The van der Waals surface area contributed by atoms with Gasteiger partial charge in [-0.15, -0.1) is 11.3 Å². The van der Waals surface area contributed by atoms with Crippen LogP contribution in [0, 0.1) is 0 Å². The fraction of sp³-hybridized carbons (Fsp3) is 0.158. The number of rotatable bonds is 7. The molecular weight excluding hydrogens is 368 g/mol. The van der Waals surface area contributed by atoms with Crippen molar-refractivity contribution < 1.29 is 23.5 Å². The van der Waals surface area contributed by atoms with Crippen molar-refractivity contribution in [3.63, 3.8) is 0 Å². The number of hydrogen-bond donors (Lipinski definition) is 2. The maximum Gasteiger partial charge on any atom is 0.319 e. The Kier molecular flexibility index (Phi) is 5.77. The van der Waals surface area contributed by atoms with Crippen LogP contribution in [0.3, 0.4) is 0 Å². The van der Waals surface area contributed by atoms with Crippen LogP contribution in [0.2, 0.25) is 0 Å². The highest BCUT2D eigenvalue weighted by Gasteiger charge is 2.14. The first-order valence-electron chi connectivity index (χ1n) is 8.04. The Labute approximate surface area is 159 Å². The zero-order valence-corrected chi connectivity index (χ0v) is 15.6. The van der Waals surface area contributed by atoms with E-state index in [1.165, 1.54) is 31.8 Å². The molecular formula is C19H18N2O5S. The summed E-state index contributed by atoms with van der Waals surface area (Å²) in [5.74, 6) is 1.26. The lowest BCUT2D eigenvalue weighted by Gasteiger charge is -2.10. The third-order valence-electron chi connectivity index (χ3n) is 3.66. The maximum absolute atomic E-state index is 12.2. The van der Waals surface area contributed by atoms with Crippen LogP contribution in [0.1, 0.15) is 20.3 Å². The zero-order chi connectivity index (χ0) is 19.2. The first kappa shape index (κ1) is 18.5. The molecule has 7 nitrogen and oxygen atoms in total. The van der Waals surface area contributed by atoms with Gasteiger partial charge in [-0.25, -0.2) is 4.79 Å². The lowest BCUT2D eigenvalue weighted by Crippen LogP contribution is -2.27. The number of anilines is 1. The summed E-state index contributed by atoms with van der Waals surface area (Å²) < 4.78 is 15.5. The SMILES string of the molecule is COc1cc(NC(=O)NCc2ccc(C(=O)c3ccco3)s2)cc(OC)c1. The average Bonchev–Trinajstić information content (AvgIpc) is 3.37. The first-order valence-corrected chi connectivity index (χ1v) is 8.85. The van der Waals surface area contributed by atoms with Gasteiger partial charge >= 0.3 is 6.03 Å². The maximum atomic E-state index is 12.2. The van der Waals surface area contributed by atoms with Gasteiger partial charge in [0.1, 0.15) is 11.5 Å². The van der Waals surface area contributed by atoms with Gasteiger partial charge in [0, 0.05) is 28.8 Å². The molecule has 140 valence electrons. The Morgan fingerprint density at radius 3 is 2.44 bits per heavy atom. The van der Waals surface area contributed by atoms with Gasteiger partial charge in [0.15, 0.2) is 5.76 Å². The number of benzene rings is 1. The van der Waals surface area contributed by atoms with E-state index >= 15 is 0 Å². The molecule has 0 aliphatic carbocycles. The number of furan rings is 1. The zero-order valence-electron chi connectivity index (χ0n) is 14.8. The molecule has 0 saturated heterocycles. The number of hydrogen-bond acceptors (Lipinski definition) is 6. The summed E-state index contributed by atoms with van der Waals surface area (Å²) in [6, 6.07) is 11.5. The molecule has 0 fully saturated rings. The Hall–Kier alpha value is -3.26. The van der Waals surface area contributed by atoms with E-state index in [0.29, 0.717) is 34.4 Å². The van der Waals surface area contributed by atoms with E-state index in [1.807, 2.05) is 0 Å². The van der Waals surface area contributed by atoms with Crippen LogP contribution in [0.15, 0.2) is 53.1 Å². The van der Waals surface area contributed by atoms with Crippen molar-refractivity contribution in [3.05, 3.63) is 64.2 Å². The third kappa shape index (κ3) is 4.68. The number of urea groups is 1. The summed E-state index contributed by atoms with van der Waals surface area (Å²) in [5, 5.41) is 5.48. The summed E-state index contributed by atoms with van der Waals surface area (Å²) in [4.78, 5) is 25.8. The van der Waals surface area contributed by atoms with Crippen molar-refractivity contribution in [2.24, 2.45) is 0 Å². The molecule has 3 aromatic rings. The predicted molar refractivity (Wildman–Crippen MR) is 102 cm³/mol. The van der Waals surface area contributed by atoms with Crippen LogP contribution in [0.5, 0.6) is 11.5 Å². The molecule has 0 atom stereocenters. The van der Waals surface area contributed by atoms with E-state index in [-0.39, 0.29) is 11.8 Å². The number of ketones is 1. The molecule has 8 heteroatoms. The predicted octanol–water partition coefficient (Wildman–Crippen LogP) is 3.91. The second-order valence-corrected chi connectivity index (χ2v) is 6.65. The van der Waals surface area contributed by atoms with Crippen LogP contribution >= 0.6 is 11.3 Å². The Morgan fingerprint density at radius 1 is 1.07 bits per heavy atom. The van der Waals surface area contributed by atoms with E-state index in [9.17, 15) is 9.59 Å². The molecule has 0 bridgehead atoms. The van der Waals surface area contributed by atoms with Crippen LogP contribution in [-0.2, 0) is 6.54 Å². The van der Waals surface area contributed by atoms with Crippen molar-refractivity contribution in [1.82, 2.24) is 5.32 Å². The lowest BCUT2D eigenvalue weighted by molar-refractivity contribution is 0.101. The molecule has 0 spiro atoms. The molecule has 2 N–H and O–H groups in total. The number of thiophene rings is 1. The van der Waals surface area contributed by atoms with Gasteiger partial charge in [0.2, 0.25) is 5.78 Å². The van der Waals surface area contributed by atoms with Gasteiger partial charge in [-0.05, 0) is 24.3 Å². The average molecular weight is 386 g/mol. The quantitative estimate of drug-likeness (QED) is 0.601. The Bertz CT molecular complexity index is 911. The fourth-order valence-electron chi connectivity index (χ4n) is 2.35. The minimum Gasteiger partial charge on any atom is -0.497 e. The van der Waals surface area contributed by atoms with Gasteiger partial charge in [-0.3, -0.25) is 4.79 Å². The minimum atomic E-state index is -0.377. The number of carbonyl (C=O) groups excluding carboxylic acids is 2. The van der Waals surface area contributed by atoms with E-state index < -0.39 is 0 Å². The summed E-state index contributed by atoms with van der Waals surface area (Å²) in [5.41, 5.74) is 0.545. The Morgan fingerprint density at radius 2 is 1.81 bits per heavy atom. The van der Waals surface area contributed by atoms with Crippen molar-refractivity contribution in [1.29, 1.82) is 0 Å². The number of carbonyl (C=O) groups is 2. The second-order valence-electron chi connectivity index (χ2n) is 5.48. The standard InChI is InChI=1S/C19H18N2O5S/c1-24-13-8-12(9-14(10-13)25-2)21-19(23)20-11-15-5-6-17(27-15)18(22)16-4-3-7-26-16/h3-10H,11H2,1-2H3,(H2,20,21,23). The first-order chi connectivity index (χ1) is 13.1. The highest BCUT2D eigenvalue weighted by Crippen LogP contribution is 2.26. The Balaban J connectivity index is 1.58. The molecule has 0 saturated carbocycles. The van der Waals surface area contributed by atoms with Crippen molar-refractivity contribution in [3.8, 4) is 11.5 Å². The highest BCUT2D eigenvalue weighted by molar-refractivity contribution is 7.14. The van der Waals surface area contributed by atoms with E-state index in [0.717, 1.165) is 4.88 Å². The van der Waals surface area contributed by atoms with Gasteiger partial charge in [-0.1, -0.05) is 0 Å². The van der Waals surface area contributed by atoms with E-state index in [2.05, 4.69) is 10.6 Å². The van der Waals surface area contributed by atoms with Crippen molar-refractivity contribution in [2.45, 2.75) is 6.54 Å². The van der Waals surface area contributed by atoms with Crippen LogP contribution in [-0.4, -0.2) is 26.0 Å². The minimum absolute atomic E-state index is 0.177. The monoisotopic (exact) mass is 386 g/mol. The van der Waals surface area contributed by atoms with Crippen LogP contribution in [0.25, 0.3) is 0 Å². The molecule has 2 heterocycles. The summed E-state index contributed by atoms with van der Waals surface area (Å²) in [6.07, 6.45) is 1.46. The molecule has 0 aliphatic rings. The van der Waals surface area contributed by atoms with Crippen molar-refractivity contribution >= 4 is 28.8 Å². The van der Waals surface area contributed by atoms with Crippen LogP contribution < -0.4 is 20.1 Å². The smallest absolute Gasteiger partial charge is 0.319 e. The van der Waals surface area contributed by atoms with Gasteiger partial charge < -0.3 is 24.5 Å². The molecule has 0 unspecified atom stereocenters. The van der Waals surface area contributed by atoms with E-state index in [4.69, 9.17) is 13.9 Å². The third-order valence-corrected chi connectivity index (χ3v) is 4.75. The molecule has 1 aromatic carbocycles. The number of methoxy groups -OCH3 is 2. The van der Waals surface area contributed by atoms with Crippen LogP contribution in [0.4, 0.5) is 10.5 Å². The number of ether oxygens (including phenoxy) is 2. The van der Waals surface area contributed by atoms with Gasteiger partial charge in [0.25, 0.3) is 0 Å². The fourth-order valence-corrected chi connectivity index (χ4v) is 3.24. The van der Waals surface area contributed by atoms with Crippen molar-refractivity contribution in [2.75, 3.05) is 19.5 Å².